The summed E-state index contributed by atoms with van der Waals surface area (Å²) >= 11 is 9.86. The second kappa shape index (κ2) is 5.23. The maximum absolute atomic E-state index is 6.18. The third-order valence-electron chi connectivity index (χ3n) is 3.88. The minimum Gasteiger partial charge on any atom is -0.316 e. The number of fused-ring (bicyclic) bond motifs is 2. The average Bonchev–Trinajstić information content (AvgIpc) is 2.93. The van der Waals surface area contributed by atoms with E-state index in [1.807, 2.05) is 29.2 Å². The molecule has 0 radical (unpaired) electrons. The molecule has 1 fully saturated rings. The molecule has 0 unspecified atom stereocenters. The van der Waals surface area contributed by atoms with Gasteiger partial charge < -0.3 is 5.32 Å². The lowest BCUT2D eigenvalue weighted by molar-refractivity contribution is 0.611. The van der Waals surface area contributed by atoms with Crippen molar-refractivity contribution in [3.05, 3.63) is 51.4 Å². The molecule has 1 aromatic carbocycles. The van der Waals surface area contributed by atoms with Gasteiger partial charge in [0.2, 0.25) is 0 Å². The van der Waals surface area contributed by atoms with Gasteiger partial charge in [-0.25, -0.2) is 0 Å². The molecule has 0 amide bonds. The van der Waals surface area contributed by atoms with Crippen LogP contribution in [0.3, 0.4) is 0 Å². The van der Waals surface area contributed by atoms with Crippen LogP contribution in [0.15, 0.2) is 44.3 Å². The maximum atomic E-state index is 6.18. The molecule has 1 saturated heterocycles. The van der Waals surface area contributed by atoms with E-state index in [0.29, 0.717) is 0 Å². The summed E-state index contributed by atoms with van der Waals surface area (Å²) in [6.45, 7) is 2.18. The Kier molecular flexibility index (Phi) is 3.39. The van der Waals surface area contributed by atoms with Gasteiger partial charge in [0.15, 0.2) is 0 Å². The molecule has 0 spiro atoms. The fraction of sp³-hybridized carbons (Fsp3) is 0.250. The smallest absolute Gasteiger partial charge is 0.0725 e. The molecule has 2 aliphatic heterocycles. The van der Waals surface area contributed by atoms with E-state index in [1.165, 1.54) is 25.8 Å². The van der Waals surface area contributed by atoms with Crippen LogP contribution in [0.2, 0.25) is 5.02 Å². The van der Waals surface area contributed by atoms with E-state index in [0.717, 1.165) is 31.0 Å². The number of nitrogens with one attached hydrogen (secondary N) is 1. The SMILES string of the molecule is Clc1ccc2c(c1)Sc1sccc1C2=C1CCNCC1. The first-order valence-electron chi connectivity index (χ1n) is 6.81. The Bertz CT molecular complexity index is 694. The predicted octanol–water partition coefficient (Wildman–Crippen LogP) is 5.05. The summed E-state index contributed by atoms with van der Waals surface area (Å²) in [4.78, 5) is 1.30. The van der Waals surface area contributed by atoms with E-state index >= 15 is 0 Å². The Labute approximate surface area is 132 Å². The van der Waals surface area contributed by atoms with Gasteiger partial charge >= 0.3 is 0 Å². The highest BCUT2D eigenvalue weighted by atomic mass is 35.5. The van der Waals surface area contributed by atoms with E-state index < -0.39 is 0 Å². The molecule has 3 heterocycles. The largest absolute Gasteiger partial charge is 0.316 e. The fourth-order valence-corrected chi connectivity index (χ4v) is 5.39. The van der Waals surface area contributed by atoms with Crippen molar-refractivity contribution in [3.63, 3.8) is 0 Å². The third kappa shape index (κ3) is 2.13. The molecule has 20 heavy (non-hydrogen) atoms. The van der Waals surface area contributed by atoms with Crippen LogP contribution in [-0.2, 0) is 0 Å². The van der Waals surface area contributed by atoms with Gasteiger partial charge in [-0.05, 0) is 60.6 Å². The van der Waals surface area contributed by atoms with E-state index in [9.17, 15) is 0 Å². The Morgan fingerprint density at radius 2 is 1.90 bits per heavy atom. The van der Waals surface area contributed by atoms with Crippen molar-refractivity contribution < 1.29 is 0 Å². The molecule has 0 bridgehead atoms. The van der Waals surface area contributed by atoms with Crippen LogP contribution in [0, 0.1) is 0 Å². The first kappa shape index (κ1) is 13.0. The van der Waals surface area contributed by atoms with Crippen molar-refractivity contribution >= 4 is 40.3 Å². The summed E-state index contributed by atoms with van der Waals surface area (Å²) in [5.41, 5.74) is 5.84. The number of hydrogen-bond donors (Lipinski definition) is 1. The standard InChI is InChI=1S/C16H14ClNS2/c17-11-1-2-12-14(9-11)20-16-13(5-8-19-16)15(12)10-3-6-18-7-4-10/h1-2,5,8-9,18H,3-4,6-7H2. The summed E-state index contributed by atoms with van der Waals surface area (Å²) in [7, 11) is 0. The van der Waals surface area contributed by atoms with Crippen molar-refractivity contribution in [2.24, 2.45) is 0 Å². The zero-order valence-corrected chi connectivity index (χ0v) is 13.3. The minimum atomic E-state index is 0.825. The molecule has 0 saturated carbocycles. The number of piperidine rings is 1. The zero-order valence-electron chi connectivity index (χ0n) is 10.9. The molecule has 2 aromatic rings. The summed E-state index contributed by atoms with van der Waals surface area (Å²) in [6, 6.07) is 8.58. The molecule has 1 nitrogen and oxygen atoms in total. The average molecular weight is 320 g/mol. The molecular weight excluding hydrogens is 306 g/mol. The topological polar surface area (TPSA) is 12.0 Å². The first-order valence-corrected chi connectivity index (χ1v) is 8.89. The number of halogens is 1. The molecule has 102 valence electrons. The highest BCUT2D eigenvalue weighted by molar-refractivity contribution is 8.01. The predicted molar refractivity (Wildman–Crippen MR) is 88.0 cm³/mol. The molecular formula is C16H14ClNS2. The van der Waals surface area contributed by atoms with E-state index in [2.05, 4.69) is 28.9 Å². The van der Waals surface area contributed by atoms with Crippen LogP contribution in [0.5, 0.6) is 0 Å². The van der Waals surface area contributed by atoms with Crippen molar-refractivity contribution in [2.75, 3.05) is 13.1 Å². The number of rotatable bonds is 0. The van der Waals surface area contributed by atoms with E-state index in [-0.39, 0.29) is 0 Å². The van der Waals surface area contributed by atoms with Gasteiger partial charge in [-0.2, -0.15) is 0 Å². The Balaban J connectivity index is 1.95. The summed E-state index contributed by atoms with van der Waals surface area (Å²) in [5.74, 6) is 0. The second-order valence-corrected chi connectivity index (χ2v) is 7.76. The quantitative estimate of drug-likeness (QED) is 0.622. The van der Waals surface area contributed by atoms with Gasteiger partial charge in [0.25, 0.3) is 0 Å². The zero-order chi connectivity index (χ0) is 13.5. The van der Waals surface area contributed by atoms with Crippen LogP contribution < -0.4 is 5.32 Å². The van der Waals surface area contributed by atoms with Crippen LogP contribution in [0.1, 0.15) is 24.0 Å². The summed E-state index contributed by atoms with van der Waals surface area (Å²) in [5, 5.41) is 6.47. The van der Waals surface area contributed by atoms with Gasteiger partial charge in [0, 0.05) is 15.5 Å². The van der Waals surface area contributed by atoms with Gasteiger partial charge in [-0.3, -0.25) is 0 Å². The molecule has 4 heteroatoms. The van der Waals surface area contributed by atoms with Crippen molar-refractivity contribution in [1.29, 1.82) is 0 Å². The minimum absolute atomic E-state index is 0.825. The Hall–Kier alpha value is -0.740. The van der Waals surface area contributed by atoms with Gasteiger partial charge in [0.05, 0.1) is 4.21 Å². The normalized spacial score (nSPS) is 17.9. The van der Waals surface area contributed by atoms with Gasteiger partial charge in [-0.1, -0.05) is 35.0 Å². The number of hydrogen-bond acceptors (Lipinski definition) is 3. The molecule has 0 aliphatic carbocycles. The molecule has 1 aromatic heterocycles. The van der Waals surface area contributed by atoms with E-state index in [4.69, 9.17) is 11.6 Å². The van der Waals surface area contributed by atoms with Crippen molar-refractivity contribution in [2.45, 2.75) is 21.9 Å². The Morgan fingerprint density at radius 1 is 1.05 bits per heavy atom. The lowest BCUT2D eigenvalue weighted by atomic mass is 9.90. The third-order valence-corrected chi connectivity index (χ3v) is 6.32. The Morgan fingerprint density at radius 3 is 2.75 bits per heavy atom. The van der Waals surface area contributed by atoms with Crippen molar-refractivity contribution in [1.82, 2.24) is 5.32 Å². The van der Waals surface area contributed by atoms with Crippen LogP contribution in [-0.4, -0.2) is 13.1 Å². The first-order chi connectivity index (χ1) is 9.83. The second-order valence-electron chi connectivity index (χ2n) is 5.09. The highest BCUT2D eigenvalue weighted by Gasteiger charge is 2.25. The fourth-order valence-electron chi connectivity index (χ4n) is 2.95. The van der Waals surface area contributed by atoms with Crippen LogP contribution in [0.4, 0.5) is 0 Å². The number of benzene rings is 1. The summed E-state index contributed by atoms with van der Waals surface area (Å²) < 4.78 is 1.40. The van der Waals surface area contributed by atoms with Gasteiger partial charge in [-0.15, -0.1) is 11.3 Å². The van der Waals surface area contributed by atoms with Crippen LogP contribution in [0.25, 0.3) is 5.57 Å². The lowest BCUT2D eigenvalue weighted by Gasteiger charge is -2.25. The number of thiophene rings is 1. The molecule has 4 rings (SSSR count). The summed E-state index contributed by atoms with van der Waals surface area (Å²) in [6.07, 6.45) is 2.30. The monoisotopic (exact) mass is 319 g/mol. The van der Waals surface area contributed by atoms with Crippen molar-refractivity contribution in [3.8, 4) is 0 Å². The lowest BCUT2D eigenvalue weighted by Crippen LogP contribution is -2.24. The molecule has 0 atom stereocenters. The maximum Gasteiger partial charge on any atom is 0.0725 e. The van der Waals surface area contributed by atoms with Gasteiger partial charge in [0.1, 0.15) is 0 Å². The molecule has 2 aliphatic rings. The highest BCUT2D eigenvalue weighted by Crippen LogP contribution is 2.50. The molecule has 1 N–H and O–H groups in total. The van der Waals surface area contributed by atoms with Crippen LogP contribution >= 0.6 is 34.7 Å². The van der Waals surface area contributed by atoms with E-state index in [1.54, 1.807) is 5.57 Å².